The summed E-state index contributed by atoms with van der Waals surface area (Å²) in [6.07, 6.45) is -8.44. The van der Waals surface area contributed by atoms with Crippen molar-refractivity contribution in [3.05, 3.63) is 83.4 Å². The number of aliphatic carboxylic acids is 1. The lowest BCUT2D eigenvalue weighted by Gasteiger charge is -2.21. The number of benzene rings is 2. The molecule has 0 fully saturated rings. The molecular formula is C19H13F6NO2. The first-order valence-corrected chi connectivity index (χ1v) is 7.67. The molecule has 0 heterocycles. The zero-order valence-corrected chi connectivity index (χ0v) is 14.1. The number of carbonyl (C=O) groups is 1. The summed E-state index contributed by atoms with van der Waals surface area (Å²) in [6.45, 7) is 3.40. The first-order valence-electron chi connectivity index (χ1n) is 7.67. The largest absolute Gasteiger partial charge is 0.479 e. The van der Waals surface area contributed by atoms with E-state index >= 15 is 0 Å². The summed E-state index contributed by atoms with van der Waals surface area (Å²) in [4.78, 5) is 15.6. The Hall–Kier alpha value is -3.10. The number of alkyl halides is 6. The Morgan fingerprint density at radius 3 is 1.79 bits per heavy atom. The van der Waals surface area contributed by atoms with Crippen molar-refractivity contribution in [3.63, 3.8) is 0 Å². The van der Waals surface area contributed by atoms with Crippen LogP contribution in [0.3, 0.4) is 0 Å². The summed E-state index contributed by atoms with van der Waals surface area (Å²) < 4.78 is 77.7. The minimum Gasteiger partial charge on any atom is -0.479 e. The fourth-order valence-electron chi connectivity index (χ4n) is 2.43. The van der Waals surface area contributed by atoms with Gasteiger partial charge in [-0.3, -0.25) is 4.99 Å². The second kappa shape index (κ2) is 7.49. The number of halogens is 6. The predicted molar refractivity (Wildman–Crippen MR) is 90.0 cm³/mol. The van der Waals surface area contributed by atoms with E-state index in [9.17, 15) is 36.2 Å². The maximum atomic E-state index is 12.9. The summed E-state index contributed by atoms with van der Waals surface area (Å²) in [7, 11) is 0. The van der Waals surface area contributed by atoms with E-state index in [-0.39, 0.29) is 11.6 Å². The summed E-state index contributed by atoms with van der Waals surface area (Å²) in [5.74, 6) is -1.49. The van der Waals surface area contributed by atoms with Crippen LogP contribution in [0.5, 0.6) is 0 Å². The Bertz CT molecular complexity index is 871. The van der Waals surface area contributed by atoms with E-state index in [4.69, 9.17) is 0 Å². The lowest BCUT2D eigenvalue weighted by molar-refractivity contribution is -0.143. The first kappa shape index (κ1) is 21.2. The van der Waals surface area contributed by atoms with Crippen LogP contribution in [0.15, 0.2) is 66.2 Å². The minimum absolute atomic E-state index is 0.0213. The molecule has 0 amide bonds. The Morgan fingerprint density at radius 2 is 1.39 bits per heavy atom. The van der Waals surface area contributed by atoms with Crippen molar-refractivity contribution in [1.29, 1.82) is 0 Å². The minimum atomic E-state index is -5.02. The number of carboxylic acids is 1. The zero-order chi connectivity index (χ0) is 21.2. The second-order valence-corrected chi connectivity index (χ2v) is 5.74. The van der Waals surface area contributed by atoms with Crippen molar-refractivity contribution in [3.8, 4) is 0 Å². The molecule has 0 saturated carbocycles. The molecule has 9 heteroatoms. The summed E-state index contributed by atoms with van der Waals surface area (Å²) >= 11 is 0. The third kappa shape index (κ3) is 4.41. The fraction of sp³-hybridized carbons (Fsp3) is 0.158. The Labute approximate surface area is 155 Å². The number of hydrogen-bond donors (Lipinski definition) is 1. The van der Waals surface area contributed by atoms with Gasteiger partial charge in [0.2, 0.25) is 0 Å². The fourth-order valence-corrected chi connectivity index (χ4v) is 2.43. The first-order chi connectivity index (χ1) is 12.9. The predicted octanol–water partition coefficient (Wildman–Crippen LogP) is 5.31. The van der Waals surface area contributed by atoms with Crippen molar-refractivity contribution >= 4 is 12.2 Å². The monoisotopic (exact) mass is 401 g/mol. The molecule has 0 aliphatic heterocycles. The van der Waals surface area contributed by atoms with Crippen LogP contribution in [0.1, 0.15) is 22.3 Å². The average molecular weight is 401 g/mol. The molecule has 148 valence electrons. The summed E-state index contributed by atoms with van der Waals surface area (Å²) in [5, 5.41) is 9.58. The third-order valence-electron chi connectivity index (χ3n) is 3.86. The van der Waals surface area contributed by atoms with Crippen LogP contribution in [-0.2, 0) is 22.7 Å². The van der Waals surface area contributed by atoms with Gasteiger partial charge in [-0.15, -0.1) is 0 Å². The van der Waals surface area contributed by atoms with Crippen molar-refractivity contribution in [2.75, 3.05) is 0 Å². The van der Waals surface area contributed by atoms with E-state index < -0.39 is 40.6 Å². The molecule has 2 aromatic rings. The zero-order valence-electron chi connectivity index (χ0n) is 14.1. The number of rotatable bonds is 5. The molecule has 0 unspecified atom stereocenters. The van der Waals surface area contributed by atoms with Gasteiger partial charge >= 0.3 is 18.3 Å². The molecule has 28 heavy (non-hydrogen) atoms. The van der Waals surface area contributed by atoms with Gasteiger partial charge in [-0.05, 0) is 35.4 Å². The van der Waals surface area contributed by atoms with Crippen LogP contribution in [0.25, 0.3) is 0 Å². The van der Waals surface area contributed by atoms with Gasteiger partial charge in [-0.1, -0.05) is 36.9 Å². The molecule has 0 spiro atoms. The van der Waals surface area contributed by atoms with Crippen LogP contribution < -0.4 is 0 Å². The smallest absolute Gasteiger partial charge is 0.416 e. The second-order valence-electron chi connectivity index (χ2n) is 5.74. The SMILES string of the molecule is C=C[C@@](N=Cc1cc(C(F)(F)F)cc(C(F)(F)F)c1)(C(=O)O)c1ccccc1. The van der Waals surface area contributed by atoms with Crippen molar-refractivity contribution < 1.29 is 36.2 Å². The van der Waals surface area contributed by atoms with E-state index in [2.05, 4.69) is 11.6 Å². The van der Waals surface area contributed by atoms with Gasteiger partial charge in [-0.2, -0.15) is 26.3 Å². The Morgan fingerprint density at radius 1 is 0.893 bits per heavy atom. The summed E-state index contributed by atoms with van der Waals surface area (Å²) in [5.41, 5.74) is -5.54. The van der Waals surface area contributed by atoms with E-state index in [1.165, 1.54) is 24.3 Å². The highest BCUT2D eigenvalue weighted by Gasteiger charge is 2.38. The molecule has 0 aromatic heterocycles. The molecule has 0 aliphatic rings. The highest BCUT2D eigenvalue weighted by atomic mass is 19.4. The highest BCUT2D eigenvalue weighted by Crippen LogP contribution is 2.36. The number of hydrogen-bond acceptors (Lipinski definition) is 2. The van der Waals surface area contributed by atoms with Crippen LogP contribution in [0.2, 0.25) is 0 Å². The van der Waals surface area contributed by atoms with Crippen LogP contribution in [0.4, 0.5) is 26.3 Å². The third-order valence-corrected chi connectivity index (χ3v) is 3.86. The quantitative estimate of drug-likeness (QED) is 0.419. The number of nitrogens with zero attached hydrogens (tertiary/aromatic N) is 1. The molecule has 2 rings (SSSR count). The molecule has 1 atom stereocenters. The van der Waals surface area contributed by atoms with Gasteiger partial charge < -0.3 is 5.11 Å². The average Bonchev–Trinajstić information content (AvgIpc) is 2.61. The van der Waals surface area contributed by atoms with Gasteiger partial charge in [0.05, 0.1) is 11.1 Å². The Balaban J connectivity index is 2.62. The molecule has 1 N–H and O–H groups in total. The van der Waals surface area contributed by atoms with E-state index in [1.54, 1.807) is 6.07 Å². The van der Waals surface area contributed by atoms with Gasteiger partial charge in [0.15, 0.2) is 5.54 Å². The highest BCUT2D eigenvalue weighted by molar-refractivity contribution is 5.89. The normalized spacial score (nSPS) is 14.6. The molecule has 0 saturated heterocycles. The van der Waals surface area contributed by atoms with Gasteiger partial charge in [-0.25, -0.2) is 4.79 Å². The molecule has 0 radical (unpaired) electrons. The van der Waals surface area contributed by atoms with Gasteiger partial charge in [0.1, 0.15) is 0 Å². The van der Waals surface area contributed by atoms with Crippen molar-refractivity contribution in [2.24, 2.45) is 4.99 Å². The molecular weight excluding hydrogens is 388 g/mol. The number of carboxylic acid groups (broad SMARTS) is 1. The van der Waals surface area contributed by atoms with Crippen molar-refractivity contribution in [1.82, 2.24) is 0 Å². The molecule has 3 nitrogen and oxygen atoms in total. The van der Waals surface area contributed by atoms with Crippen molar-refractivity contribution in [2.45, 2.75) is 17.9 Å². The van der Waals surface area contributed by atoms with Crippen LogP contribution in [0, 0.1) is 0 Å². The van der Waals surface area contributed by atoms with E-state index in [0.29, 0.717) is 18.3 Å². The maximum Gasteiger partial charge on any atom is 0.416 e. The summed E-state index contributed by atoms with van der Waals surface area (Å²) in [6, 6.07) is 8.33. The molecule has 0 bridgehead atoms. The Kier molecular flexibility index (Phi) is 5.67. The van der Waals surface area contributed by atoms with Gasteiger partial charge in [0.25, 0.3) is 0 Å². The standard InChI is InChI=1S/C19H13F6NO2/c1-2-17(16(27)28,13-6-4-3-5-7-13)26-11-12-8-14(18(20,21)22)10-15(9-12)19(23,24)25/h2-11H,1H2,(H,27,28)/t17-/m0/s1. The topological polar surface area (TPSA) is 49.7 Å². The molecule has 2 aromatic carbocycles. The lowest BCUT2D eigenvalue weighted by atomic mass is 9.90. The number of aliphatic imine (C=N–C) groups is 1. The maximum absolute atomic E-state index is 12.9. The van der Waals surface area contributed by atoms with Crippen LogP contribution >= 0.6 is 0 Å². The van der Waals surface area contributed by atoms with E-state index in [0.717, 1.165) is 6.08 Å². The van der Waals surface area contributed by atoms with Crippen LogP contribution in [-0.4, -0.2) is 17.3 Å². The molecule has 0 aliphatic carbocycles. The lowest BCUT2D eigenvalue weighted by Crippen LogP contribution is -2.31. The van der Waals surface area contributed by atoms with Gasteiger partial charge in [0, 0.05) is 6.21 Å². The van der Waals surface area contributed by atoms with E-state index in [1.807, 2.05) is 0 Å².